The number of halogens is 1. The van der Waals surface area contributed by atoms with Gasteiger partial charge in [-0.1, -0.05) is 29.8 Å². The molecule has 0 bridgehead atoms. The predicted octanol–water partition coefficient (Wildman–Crippen LogP) is 3.12. The van der Waals surface area contributed by atoms with Gasteiger partial charge in [0.05, 0.1) is 11.6 Å². The molecule has 1 rings (SSSR count). The van der Waals surface area contributed by atoms with Crippen molar-refractivity contribution in [1.29, 1.82) is 0 Å². The van der Waals surface area contributed by atoms with Crippen LogP contribution in [0.5, 0.6) is 0 Å². The van der Waals surface area contributed by atoms with Crippen LogP contribution in [-0.2, 0) is 4.74 Å². The van der Waals surface area contributed by atoms with Crippen molar-refractivity contribution < 1.29 is 9.53 Å². The molecule has 0 unspecified atom stereocenters. The molecule has 0 aliphatic heterocycles. The lowest BCUT2D eigenvalue weighted by Crippen LogP contribution is -2.10. The van der Waals surface area contributed by atoms with Crippen LogP contribution in [0.15, 0.2) is 36.9 Å². The maximum absolute atomic E-state index is 11.6. The van der Waals surface area contributed by atoms with E-state index in [9.17, 15) is 4.79 Å². The van der Waals surface area contributed by atoms with E-state index in [2.05, 4.69) is 6.58 Å². The number of carbonyl (C=O) groups excluding carboxylic acids is 1. The normalized spacial score (nSPS) is 9.93. The monoisotopic (exact) mass is 224 g/mol. The van der Waals surface area contributed by atoms with Gasteiger partial charge >= 0.3 is 0 Å². The van der Waals surface area contributed by atoms with Crippen LogP contribution in [0.1, 0.15) is 16.8 Å². The number of ketones is 1. The Kier molecular flexibility index (Phi) is 5.08. The number of hydrogen-bond acceptors (Lipinski definition) is 2. The second kappa shape index (κ2) is 6.38. The molecule has 0 aromatic heterocycles. The zero-order valence-corrected chi connectivity index (χ0v) is 9.17. The van der Waals surface area contributed by atoms with Gasteiger partial charge in [0.15, 0.2) is 5.78 Å². The highest BCUT2D eigenvalue weighted by Gasteiger charge is 2.08. The fraction of sp³-hybridized carbons (Fsp3) is 0.250. The second-order valence-corrected chi connectivity index (χ2v) is 3.44. The van der Waals surface area contributed by atoms with Crippen LogP contribution < -0.4 is 0 Å². The Morgan fingerprint density at radius 1 is 1.47 bits per heavy atom. The molecule has 1 aromatic carbocycles. The van der Waals surface area contributed by atoms with Crippen molar-refractivity contribution in [2.75, 3.05) is 13.2 Å². The Bertz CT molecular complexity index is 347. The van der Waals surface area contributed by atoms with Gasteiger partial charge in [-0.15, -0.1) is 6.58 Å². The van der Waals surface area contributed by atoms with Crippen molar-refractivity contribution in [3.05, 3.63) is 47.5 Å². The average Bonchev–Trinajstić information content (AvgIpc) is 2.25. The molecule has 0 fully saturated rings. The van der Waals surface area contributed by atoms with Crippen molar-refractivity contribution in [2.24, 2.45) is 0 Å². The molecule has 0 aliphatic rings. The standard InChI is InChI=1S/C12H13ClO2/c1-2-3-8-15-9-12(14)10-6-4-5-7-11(10)13/h2,4-7H,1,3,8-9H2. The van der Waals surface area contributed by atoms with Gasteiger partial charge in [0.25, 0.3) is 0 Å². The minimum atomic E-state index is -0.0929. The molecule has 2 nitrogen and oxygen atoms in total. The Labute approximate surface area is 94.5 Å². The number of ether oxygens (including phenoxy) is 1. The predicted molar refractivity (Wildman–Crippen MR) is 61.4 cm³/mol. The summed E-state index contributed by atoms with van der Waals surface area (Å²) in [5.74, 6) is -0.0929. The van der Waals surface area contributed by atoms with E-state index in [1.54, 1.807) is 30.3 Å². The summed E-state index contributed by atoms with van der Waals surface area (Å²) < 4.78 is 5.17. The fourth-order valence-electron chi connectivity index (χ4n) is 1.10. The van der Waals surface area contributed by atoms with E-state index in [0.29, 0.717) is 17.2 Å². The molecule has 0 aliphatic carbocycles. The molecule has 0 N–H and O–H groups in total. The second-order valence-electron chi connectivity index (χ2n) is 3.03. The molecular formula is C12H13ClO2. The zero-order chi connectivity index (χ0) is 11.1. The summed E-state index contributed by atoms with van der Waals surface area (Å²) in [6.45, 7) is 4.14. The van der Waals surface area contributed by atoms with Crippen LogP contribution in [-0.4, -0.2) is 19.0 Å². The summed E-state index contributed by atoms with van der Waals surface area (Å²) >= 11 is 5.87. The first-order valence-electron chi connectivity index (χ1n) is 4.72. The maximum Gasteiger partial charge on any atom is 0.189 e. The molecule has 80 valence electrons. The smallest absolute Gasteiger partial charge is 0.189 e. The van der Waals surface area contributed by atoms with Crippen LogP contribution in [0.25, 0.3) is 0 Å². The highest BCUT2D eigenvalue weighted by molar-refractivity contribution is 6.34. The molecule has 0 saturated heterocycles. The number of Topliss-reactive ketones (excluding diaryl/α,β-unsaturated/α-hetero) is 1. The summed E-state index contributed by atoms with van der Waals surface area (Å²) in [5, 5.41) is 0.467. The Balaban J connectivity index is 2.47. The molecule has 0 atom stereocenters. The summed E-state index contributed by atoms with van der Waals surface area (Å²) in [6, 6.07) is 6.96. The first kappa shape index (κ1) is 12.0. The highest BCUT2D eigenvalue weighted by atomic mass is 35.5. The first-order chi connectivity index (χ1) is 7.25. The lowest BCUT2D eigenvalue weighted by molar-refractivity contribution is 0.0768. The van der Waals surface area contributed by atoms with E-state index in [4.69, 9.17) is 16.3 Å². The van der Waals surface area contributed by atoms with Crippen molar-refractivity contribution in [2.45, 2.75) is 6.42 Å². The van der Waals surface area contributed by atoms with Crippen molar-refractivity contribution in [1.82, 2.24) is 0 Å². The van der Waals surface area contributed by atoms with E-state index in [0.717, 1.165) is 6.42 Å². The molecular weight excluding hydrogens is 212 g/mol. The number of rotatable bonds is 6. The zero-order valence-electron chi connectivity index (χ0n) is 8.41. The summed E-state index contributed by atoms with van der Waals surface area (Å²) in [4.78, 5) is 11.6. The molecule has 3 heteroatoms. The van der Waals surface area contributed by atoms with Gasteiger partial charge in [-0.2, -0.15) is 0 Å². The fourth-order valence-corrected chi connectivity index (χ4v) is 1.34. The molecule has 0 amide bonds. The molecule has 0 spiro atoms. The first-order valence-corrected chi connectivity index (χ1v) is 5.10. The van der Waals surface area contributed by atoms with E-state index in [1.165, 1.54) is 0 Å². The summed E-state index contributed by atoms with van der Waals surface area (Å²) in [6.07, 6.45) is 2.50. The van der Waals surface area contributed by atoms with Gasteiger partial charge in [0.1, 0.15) is 6.61 Å². The third-order valence-electron chi connectivity index (χ3n) is 1.87. The minimum Gasteiger partial charge on any atom is -0.373 e. The maximum atomic E-state index is 11.6. The van der Waals surface area contributed by atoms with Crippen LogP contribution in [0.3, 0.4) is 0 Å². The van der Waals surface area contributed by atoms with E-state index >= 15 is 0 Å². The molecule has 15 heavy (non-hydrogen) atoms. The van der Waals surface area contributed by atoms with Crippen molar-refractivity contribution >= 4 is 17.4 Å². The van der Waals surface area contributed by atoms with Crippen LogP contribution in [0, 0.1) is 0 Å². The molecule has 1 aromatic rings. The van der Waals surface area contributed by atoms with Gasteiger partial charge in [0, 0.05) is 5.56 Å². The van der Waals surface area contributed by atoms with Crippen LogP contribution >= 0.6 is 11.6 Å². The summed E-state index contributed by atoms with van der Waals surface area (Å²) in [7, 11) is 0. The Morgan fingerprint density at radius 3 is 2.87 bits per heavy atom. The molecule has 0 radical (unpaired) electrons. The quantitative estimate of drug-likeness (QED) is 0.422. The molecule has 0 heterocycles. The van der Waals surface area contributed by atoms with Crippen molar-refractivity contribution in [3.8, 4) is 0 Å². The van der Waals surface area contributed by atoms with Gasteiger partial charge < -0.3 is 4.74 Å². The minimum absolute atomic E-state index is 0.0670. The van der Waals surface area contributed by atoms with Crippen LogP contribution in [0.4, 0.5) is 0 Å². The number of hydrogen-bond donors (Lipinski definition) is 0. The Hall–Kier alpha value is -1.12. The van der Waals surface area contributed by atoms with Gasteiger partial charge in [-0.05, 0) is 18.6 Å². The molecule has 0 saturated carbocycles. The van der Waals surface area contributed by atoms with Gasteiger partial charge in [0.2, 0.25) is 0 Å². The third kappa shape index (κ3) is 3.86. The van der Waals surface area contributed by atoms with Gasteiger partial charge in [-0.25, -0.2) is 0 Å². The average molecular weight is 225 g/mol. The summed E-state index contributed by atoms with van der Waals surface area (Å²) in [5.41, 5.74) is 0.512. The third-order valence-corrected chi connectivity index (χ3v) is 2.20. The topological polar surface area (TPSA) is 26.3 Å². The van der Waals surface area contributed by atoms with E-state index in [1.807, 2.05) is 0 Å². The lowest BCUT2D eigenvalue weighted by Gasteiger charge is -2.03. The van der Waals surface area contributed by atoms with Crippen LogP contribution in [0.2, 0.25) is 5.02 Å². The Morgan fingerprint density at radius 2 is 2.20 bits per heavy atom. The SMILES string of the molecule is C=CCCOCC(=O)c1ccccc1Cl. The van der Waals surface area contributed by atoms with E-state index < -0.39 is 0 Å². The number of benzene rings is 1. The van der Waals surface area contributed by atoms with E-state index in [-0.39, 0.29) is 12.4 Å². The van der Waals surface area contributed by atoms with Crippen molar-refractivity contribution in [3.63, 3.8) is 0 Å². The lowest BCUT2D eigenvalue weighted by atomic mass is 10.1. The van der Waals surface area contributed by atoms with Gasteiger partial charge in [-0.3, -0.25) is 4.79 Å². The largest absolute Gasteiger partial charge is 0.373 e. The highest BCUT2D eigenvalue weighted by Crippen LogP contribution is 2.15. The number of carbonyl (C=O) groups is 1.